The molecule has 0 saturated carbocycles. The lowest BCUT2D eigenvalue weighted by Crippen LogP contribution is -2.53. The van der Waals surface area contributed by atoms with Gasteiger partial charge in [-0.15, -0.1) is 0 Å². The third-order valence-corrected chi connectivity index (χ3v) is 6.41. The van der Waals surface area contributed by atoms with Crippen LogP contribution in [-0.4, -0.2) is 54.4 Å². The van der Waals surface area contributed by atoms with E-state index in [1.807, 2.05) is 13.8 Å². The normalized spacial score (nSPS) is 18.8. The molecule has 8 heteroatoms. The van der Waals surface area contributed by atoms with Crippen molar-refractivity contribution in [1.82, 2.24) is 9.21 Å². The number of sulfonamides is 1. The van der Waals surface area contributed by atoms with Crippen molar-refractivity contribution in [2.45, 2.75) is 70.4 Å². The average Bonchev–Trinajstić information content (AvgIpc) is 2.80. The van der Waals surface area contributed by atoms with Crippen LogP contribution in [0, 0.1) is 5.92 Å². The quantitative estimate of drug-likeness (QED) is 0.720. The van der Waals surface area contributed by atoms with Crippen LogP contribution in [0.15, 0.2) is 35.2 Å². The molecule has 1 unspecified atom stereocenters. The fraction of sp³-hybridized carbons (Fsp3) is 0.619. The van der Waals surface area contributed by atoms with E-state index in [0.717, 1.165) is 4.90 Å². The van der Waals surface area contributed by atoms with Crippen molar-refractivity contribution in [3.8, 4) is 0 Å². The standard InChI is InChI=1S/C21H32N2O5S/c1-16(2)15-23(29(26,27)17-11-7-6-8-12-17)18-13-9-10-14-22(19(18)24)20(25)28-21(3,4)5/h6-8,11-12,16,18H,9-10,13-15H2,1-5H3. The molecule has 0 spiro atoms. The van der Waals surface area contributed by atoms with Gasteiger partial charge in [-0.05, 0) is 58.1 Å². The van der Waals surface area contributed by atoms with Gasteiger partial charge < -0.3 is 4.74 Å². The van der Waals surface area contributed by atoms with Crippen molar-refractivity contribution in [3.05, 3.63) is 30.3 Å². The first kappa shape index (κ1) is 23.3. The molecule has 0 bridgehead atoms. The van der Waals surface area contributed by atoms with E-state index in [4.69, 9.17) is 4.74 Å². The maximum absolute atomic E-state index is 13.4. The number of hydrogen-bond acceptors (Lipinski definition) is 5. The summed E-state index contributed by atoms with van der Waals surface area (Å²) in [5.41, 5.74) is -0.743. The summed E-state index contributed by atoms with van der Waals surface area (Å²) < 4.78 is 33.4. The number of amides is 2. The Hall–Kier alpha value is -1.93. The Morgan fingerprint density at radius 1 is 1.21 bits per heavy atom. The van der Waals surface area contributed by atoms with Crippen LogP contribution < -0.4 is 0 Å². The third-order valence-electron chi connectivity index (χ3n) is 4.52. The predicted octanol–water partition coefficient (Wildman–Crippen LogP) is 3.65. The molecule has 7 nitrogen and oxygen atoms in total. The molecule has 1 atom stereocenters. The highest BCUT2D eigenvalue weighted by Crippen LogP contribution is 2.26. The molecule has 0 aliphatic carbocycles. The maximum atomic E-state index is 13.4. The summed E-state index contributed by atoms with van der Waals surface area (Å²) in [5.74, 6) is -0.503. The van der Waals surface area contributed by atoms with Crippen molar-refractivity contribution >= 4 is 22.0 Å². The van der Waals surface area contributed by atoms with Gasteiger partial charge in [0.25, 0.3) is 0 Å². The molecule has 2 amide bonds. The number of benzene rings is 1. The molecule has 2 rings (SSSR count). The molecular weight excluding hydrogens is 392 g/mol. The van der Waals surface area contributed by atoms with Gasteiger partial charge in [-0.25, -0.2) is 18.1 Å². The Balaban J connectivity index is 2.41. The number of ether oxygens (including phenoxy) is 1. The van der Waals surface area contributed by atoms with Crippen LogP contribution in [-0.2, 0) is 19.6 Å². The molecular formula is C21H32N2O5S. The van der Waals surface area contributed by atoms with Crippen molar-refractivity contribution in [1.29, 1.82) is 0 Å². The summed E-state index contributed by atoms with van der Waals surface area (Å²) in [6.07, 6.45) is 0.907. The molecule has 0 aromatic heterocycles. The zero-order valence-corrected chi connectivity index (χ0v) is 18.7. The van der Waals surface area contributed by atoms with Crippen LogP contribution in [0.1, 0.15) is 53.9 Å². The van der Waals surface area contributed by atoms with Crippen molar-refractivity contribution < 1.29 is 22.7 Å². The van der Waals surface area contributed by atoms with Crippen LogP contribution in [0.3, 0.4) is 0 Å². The highest BCUT2D eigenvalue weighted by molar-refractivity contribution is 7.89. The molecule has 29 heavy (non-hydrogen) atoms. The van der Waals surface area contributed by atoms with E-state index in [9.17, 15) is 18.0 Å². The van der Waals surface area contributed by atoms with Crippen LogP contribution in [0.5, 0.6) is 0 Å². The summed E-state index contributed by atoms with van der Waals surface area (Å²) in [6.45, 7) is 9.42. The minimum absolute atomic E-state index is 0.0134. The summed E-state index contributed by atoms with van der Waals surface area (Å²) in [4.78, 5) is 27.1. The van der Waals surface area contributed by atoms with Gasteiger partial charge in [0, 0.05) is 13.1 Å². The lowest BCUT2D eigenvalue weighted by molar-refractivity contribution is -0.134. The SMILES string of the molecule is CC(C)CN(C1CCCCN(C(=O)OC(C)(C)C)C1=O)S(=O)(=O)c1ccccc1. The summed E-state index contributed by atoms with van der Waals surface area (Å²) in [5, 5.41) is 0. The van der Waals surface area contributed by atoms with Gasteiger partial charge >= 0.3 is 6.09 Å². The van der Waals surface area contributed by atoms with Gasteiger partial charge in [-0.2, -0.15) is 4.31 Å². The first-order valence-corrected chi connectivity index (χ1v) is 11.5. The number of hydrogen-bond donors (Lipinski definition) is 0. The number of carbonyl (C=O) groups is 2. The summed E-state index contributed by atoms with van der Waals surface area (Å²) in [7, 11) is -3.90. The van der Waals surface area contributed by atoms with Gasteiger partial charge in [0.15, 0.2) is 0 Å². The molecule has 1 aliphatic rings. The Morgan fingerprint density at radius 2 is 1.83 bits per heavy atom. The highest BCUT2D eigenvalue weighted by Gasteiger charge is 2.41. The molecule has 0 radical (unpaired) electrons. The van der Waals surface area contributed by atoms with Crippen LogP contribution in [0.4, 0.5) is 4.79 Å². The first-order valence-electron chi connectivity index (χ1n) is 10.0. The molecule has 1 aliphatic heterocycles. The lowest BCUT2D eigenvalue weighted by atomic mass is 10.1. The third kappa shape index (κ3) is 6.02. The lowest BCUT2D eigenvalue weighted by Gasteiger charge is -2.33. The van der Waals surface area contributed by atoms with Crippen molar-refractivity contribution in [2.75, 3.05) is 13.1 Å². The zero-order chi connectivity index (χ0) is 21.8. The molecule has 1 aromatic rings. The molecule has 1 fully saturated rings. The van der Waals surface area contributed by atoms with Crippen LogP contribution >= 0.6 is 0 Å². The van der Waals surface area contributed by atoms with Gasteiger partial charge in [0.2, 0.25) is 15.9 Å². The van der Waals surface area contributed by atoms with Gasteiger partial charge in [0.1, 0.15) is 11.6 Å². The van der Waals surface area contributed by atoms with Crippen LogP contribution in [0.2, 0.25) is 0 Å². The first-order chi connectivity index (χ1) is 13.4. The largest absolute Gasteiger partial charge is 0.443 e. The Labute approximate surface area is 174 Å². The second-order valence-corrected chi connectivity index (χ2v) is 10.7. The maximum Gasteiger partial charge on any atom is 0.417 e. The van der Waals surface area contributed by atoms with E-state index < -0.39 is 33.7 Å². The second kappa shape index (κ2) is 9.26. The van der Waals surface area contributed by atoms with E-state index >= 15 is 0 Å². The Kier molecular flexibility index (Phi) is 7.45. The predicted molar refractivity (Wildman–Crippen MR) is 111 cm³/mol. The number of likely N-dealkylation sites (tertiary alicyclic amines) is 1. The van der Waals surface area contributed by atoms with Crippen molar-refractivity contribution in [2.24, 2.45) is 5.92 Å². The number of rotatable bonds is 5. The van der Waals surface area contributed by atoms with Gasteiger partial charge in [0.05, 0.1) is 4.90 Å². The monoisotopic (exact) mass is 424 g/mol. The van der Waals surface area contributed by atoms with E-state index in [-0.39, 0.29) is 23.9 Å². The smallest absolute Gasteiger partial charge is 0.417 e. The molecule has 1 saturated heterocycles. The summed E-state index contributed by atoms with van der Waals surface area (Å²) in [6, 6.07) is 7.17. The second-order valence-electron chi connectivity index (χ2n) is 8.76. The fourth-order valence-corrected chi connectivity index (χ4v) is 5.06. The summed E-state index contributed by atoms with van der Waals surface area (Å²) >= 11 is 0. The molecule has 1 heterocycles. The fourth-order valence-electron chi connectivity index (χ4n) is 3.27. The minimum Gasteiger partial charge on any atom is -0.443 e. The Morgan fingerprint density at radius 3 is 2.38 bits per heavy atom. The molecule has 1 aromatic carbocycles. The molecule has 0 N–H and O–H groups in total. The minimum atomic E-state index is -3.90. The van der Waals surface area contributed by atoms with E-state index in [1.165, 1.54) is 16.4 Å². The average molecular weight is 425 g/mol. The van der Waals surface area contributed by atoms with E-state index in [0.29, 0.717) is 19.3 Å². The van der Waals surface area contributed by atoms with Gasteiger partial charge in [-0.3, -0.25) is 4.79 Å². The van der Waals surface area contributed by atoms with Crippen LogP contribution in [0.25, 0.3) is 0 Å². The topological polar surface area (TPSA) is 84.0 Å². The number of carbonyl (C=O) groups excluding carboxylic acids is 2. The molecule has 162 valence electrons. The highest BCUT2D eigenvalue weighted by atomic mass is 32.2. The number of nitrogens with zero attached hydrogens (tertiary/aromatic N) is 2. The van der Waals surface area contributed by atoms with Gasteiger partial charge in [-0.1, -0.05) is 32.0 Å². The Bertz CT molecular complexity index is 815. The zero-order valence-electron chi connectivity index (χ0n) is 17.9. The van der Waals surface area contributed by atoms with E-state index in [1.54, 1.807) is 39.0 Å². The van der Waals surface area contributed by atoms with Crippen molar-refractivity contribution in [3.63, 3.8) is 0 Å². The van der Waals surface area contributed by atoms with E-state index in [2.05, 4.69) is 0 Å². The number of imide groups is 1.